The maximum atomic E-state index is 12.6. The first kappa shape index (κ1) is 16.5. The average molecular weight is 364 g/mol. The Morgan fingerprint density at radius 2 is 1.79 bits per heavy atom. The molecule has 2 aromatic carbocycles. The van der Waals surface area contributed by atoms with Crippen LogP contribution in [-0.2, 0) is 15.6 Å². The molecule has 24 heavy (non-hydrogen) atoms. The summed E-state index contributed by atoms with van der Waals surface area (Å²) >= 11 is 5.88. The van der Waals surface area contributed by atoms with Crippen molar-refractivity contribution in [3.8, 4) is 5.75 Å². The van der Waals surface area contributed by atoms with E-state index in [1.54, 1.807) is 42.5 Å². The quantitative estimate of drug-likeness (QED) is 0.772. The van der Waals surface area contributed by atoms with Crippen LogP contribution in [0.25, 0.3) is 10.9 Å². The molecule has 0 spiro atoms. The van der Waals surface area contributed by atoms with Crippen LogP contribution in [0, 0.1) is 0 Å². The molecular weight excluding hydrogens is 350 g/mol. The molecule has 124 valence electrons. The number of hydrogen-bond acceptors (Lipinski definition) is 4. The number of fused-ring (bicyclic) bond motifs is 1. The molecular formula is C17H14ClNO4S. The second-order valence-electron chi connectivity index (χ2n) is 5.30. The predicted molar refractivity (Wildman–Crippen MR) is 93.5 cm³/mol. The van der Waals surface area contributed by atoms with Crippen LogP contribution in [0.4, 0.5) is 0 Å². The molecule has 0 aliphatic heterocycles. The fraction of sp³-hybridized carbons (Fsp3) is 0.118. The van der Waals surface area contributed by atoms with Gasteiger partial charge in [-0.05, 0) is 41.3 Å². The first-order valence-corrected chi connectivity index (χ1v) is 9.10. The fourth-order valence-electron chi connectivity index (χ4n) is 2.40. The lowest BCUT2D eigenvalue weighted by molar-refractivity contribution is 0.414. The monoisotopic (exact) mass is 363 g/mol. The van der Waals surface area contributed by atoms with Gasteiger partial charge in [0.1, 0.15) is 10.6 Å². The number of pyridine rings is 1. The second kappa shape index (κ2) is 6.30. The molecule has 0 atom stereocenters. The van der Waals surface area contributed by atoms with Crippen LogP contribution in [0.1, 0.15) is 5.56 Å². The number of aromatic amines is 1. The van der Waals surface area contributed by atoms with Gasteiger partial charge >= 0.3 is 0 Å². The van der Waals surface area contributed by atoms with Gasteiger partial charge in [-0.1, -0.05) is 29.8 Å². The third-order valence-electron chi connectivity index (χ3n) is 3.62. The van der Waals surface area contributed by atoms with E-state index in [4.69, 9.17) is 16.3 Å². The molecule has 0 unspecified atom stereocenters. The molecule has 1 heterocycles. The molecule has 0 saturated carbocycles. The van der Waals surface area contributed by atoms with Gasteiger partial charge in [0.15, 0.2) is 9.84 Å². The largest absolute Gasteiger partial charge is 0.497 e. The van der Waals surface area contributed by atoms with Crippen molar-refractivity contribution in [3.63, 3.8) is 0 Å². The summed E-state index contributed by atoms with van der Waals surface area (Å²) in [5.74, 6) is 0.371. The zero-order valence-corrected chi connectivity index (χ0v) is 14.3. The molecule has 0 bridgehead atoms. The summed E-state index contributed by atoms with van der Waals surface area (Å²) < 4.78 is 30.3. The van der Waals surface area contributed by atoms with E-state index in [0.29, 0.717) is 27.2 Å². The number of hydrogen-bond donors (Lipinski definition) is 1. The average Bonchev–Trinajstić information content (AvgIpc) is 2.54. The molecule has 0 fully saturated rings. The topological polar surface area (TPSA) is 76.2 Å². The van der Waals surface area contributed by atoms with E-state index in [2.05, 4.69) is 4.98 Å². The van der Waals surface area contributed by atoms with Gasteiger partial charge in [-0.25, -0.2) is 8.42 Å². The summed E-state index contributed by atoms with van der Waals surface area (Å²) in [5.41, 5.74) is 0.417. The zero-order chi connectivity index (χ0) is 17.3. The Labute approximate surface area is 143 Å². The lowest BCUT2D eigenvalue weighted by atomic mass is 10.2. The van der Waals surface area contributed by atoms with Crippen LogP contribution < -0.4 is 10.3 Å². The molecule has 0 amide bonds. The van der Waals surface area contributed by atoms with Crippen molar-refractivity contribution >= 4 is 32.3 Å². The van der Waals surface area contributed by atoms with Crippen LogP contribution in [-0.4, -0.2) is 20.5 Å². The van der Waals surface area contributed by atoms with Crippen molar-refractivity contribution in [2.75, 3.05) is 7.11 Å². The molecule has 3 aromatic rings. The molecule has 0 radical (unpaired) electrons. The van der Waals surface area contributed by atoms with Gasteiger partial charge < -0.3 is 9.72 Å². The van der Waals surface area contributed by atoms with Gasteiger partial charge in [-0.15, -0.1) is 0 Å². The Kier molecular flexibility index (Phi) is 4.34. The van der Waals surface area contributed by atoms with Gasteiger partial charge in [0.25, 0.3) is 5.56 Å². The lowest BCUT2D eigenvalue weighted by Gasteiger charge is -2.07. The van der Waals surface area contributed by atoms with Gasteiger partial charge in [0, 0.05) is 10.5 Å². The number of H-pyrrole nitrogens is 1. The highest BCUT2D eigenvalue weighted by Gasteiger charge is 2.20. The van der Waals surface area contributed by atoms with Crippen molar-refractivity contribution in [2.45, 2.75) is 10.6 Å². The Morgan fingerprint density at radius 1 is 1.08 bits per heavy atom. The van der Waals surface area contributed by atoms with Crippen LogP contribution >= 0.6 is 11.6 Å². The normalized spacial score (nSPS) is 11.6. The summed E-state index contributed by atoms with van der Waals surface area (Å²) in [6, 6.07) is 12.9. The first-order chi connectivity index (χ1) is 11.4. The highest BCUT2D eigenvalue weighted by molar-refractivity contribution is 7.90. The minimum Gasteiger partial charge on any atom is -0.497 e. The molecule has 3 rings (SSSR count). The van der Waals surface area contributed by atoms with Gasteiger partial charge in [0.2, 0.25) is 0 Å². The highest BCUT2D eigenvalue weighted by Crippen LogP contribution is 2.21. The number of ether oxygens (including phenoxy) is 1. The van der Waals surface area contributed by atoms with Crippen molar-refractivity contribution < 1.29 is 13.2 Å². The summed E-state index contributed by atoms with van der Waals surface area (Å²) in [6.45, 7) is 0. The minimum atomic E-state index is -3.78. The molecule has 1 N–H and O–H groups in total. The number of halogens is 1. The number of methoxy groups -OCH3 is 1. The summed E-state index contributed by atoms with van der Waals surface area (Å²) in [5, 5.41) is 1.07. The van der Waals surface area contributed by atoms with Crippen molar-refractivity contribution in [3.05, 3.63) is 69.5 Å². The number of nitrogens with one attached hydrogen (secondary N) is 1. The third-order valence-corrected chi connectivity index (χ3v) is 5.55. The Hall–Kier alpha value is -2.31. The molecule has 7 heteroatoms. The van der Waals surface area contributed by atoms with Gasteiger partial charge in [-0.2, -0.15) is 0 Å². The molecule has 0 aliphatic carbocycles. The summed E-state index contributed by atoms with van der Waals surface area (Å²) in [4.78, 5) is 14.5. The standard InChI is InChI=1S/C17H14ClNO4S/c1-23-14-6-2-11(3-7-14)10-24(21,22)16-8-12-4-5-13(18)9-15(12)19-17(16)20/h2-9H,10H2,1H3,(H,19,20). The van der Waals surface area contributed by atoms with Crippen LogP contribution in [0.3, 0.4) is 0 Å². The number of sulfone groups is 1. The maximum absolute atomic E-state index is 12.6. The van der Waals surface area contributed by atoms with E-state index in [-0.39, 0.29) is 10.6 Å². The van der Waals surface area contributed by atoms with E-state index in [1.807, 2.05) is 0 Å². The number of rotatable bonds is 4. The Morgan fingerprint density at radius 3 is 2.46 bits per heavy atom. The zero-order valence-electron chi connectivity index (χ0n) is 12.7. The second-order valence-corrected chi connectivity index (χ2v) is 7.70. The van der Waals surface area contributed by atoms with E-state index < -0.39 is 15.4 Å². The predicted octanol–water partition coefficient (Wildman–Crippen LogP) is 3.16. The lowest BCUT2D eigenvalue weighted by Crippen LogP contribution is -2.18. The maximum Gasteiger partial charge on any atom is 0.267 e. The highest BCUT2D eigenvalue weighted by atomic mass is 35.5. The van der Waals surface area contributed by atoms with Crippen LogP contribution in [0.2, 0.25) is 5.02 Å². The Bertz CT molecular complexity index is 1060. The van der Waals surface area contributed by atoms with Gasteiger partial charge in [-0.3, -0.25) is 4.79 Å². The van der Waals surface area contributed by atoms with Crippen LogP contribution in [0.5, 0.6) is 5.75 Å². The van der Waals surface area contributed by atoms with E-state index >= 15 is 0 Å². The van der Waals surface area contributed by atoms with Gasteiger partial charge in [0.05, 0.1) is 12.9 Å². The van der Waals surface area contributed by atoms with Crippen LogP contribution in [0.15, 0.2) is 58.2 Å². The van der Waals surface area contributed by atoms with Crippen molar-refractivity contribution in [1.29, 1.82) is 0 Å². The van der Waals surface area contributed by atoms with E-state index in [1.165, 1.54) is 13.2 Å². The minimum absolute atomic E-state index is 0.256. The summed E-state index contributed by atoms with van der Waals surface area (Å²) in [7, 11) is -2.25. The SMILES string of the molecule is COc1ccc(CS(=O)(=O)c2cc3ccc(Cl)cc3[nH]c2=O)cc1. The number of aromatic nitrogens is 1. The van der Waals surface area contributed by atoms with Crippen molar-refractivity contribution in [2.24, 2.45) is 0 Å². The smallest absolute Gasteiger partial charge is 0.267 e. The summed E-state index contributed by atoms with van der Waals surface area (Å²) in [6.07, 6.45) is 0. The Balaban J connectivity index is 2.02. The third kappa shape index (κ3) is 3.29. The van der Waals surface area contributed by atoms with Crippen molar-refractivity contribution in [1.82, 2.24) is 4.98 Å². The molecule has 0 aliphatic rings. The molecule has 5 nitrogen and oxygen atoms in total. The molecule has 0 saturated heterocycles. The first-order valence-electron chi connectivity index (χ1n) is 7.07. The molecule has 1 aromatic heterocycles. The van der Waals surface area contributed by atoms with E-state index in [9.17, 15) is 13.2 Å². The number of benzene rings is 2. The fourth-order valence-corrected chi connectivity index (χ4v) is 4.00. The van der Waals surface area contributed by atoms with E-state index in [0.717, 1.165) is 0 Å².